The van der Waals surface area contributed by atoms with E-state index in [1.165, 1.54) is 0 Å². The average Bonchev–Trinajstić information content (AvgIpc) is 2.34. The minimum Gasteiger partial charge on any atom is -0.379 e. The molecular formula is C12H24F3N3O. The highest BCUT2D eigenvalue weighted by molar-refractivity contribution is 4.93. The lowest BCUT2D eigenvalue weighted by atomic mass is 9.88. The monoisotopic (exact) mass is 283 g/mol. The van der Waals surface area contributed by atoms with Crippen LogP contribution in [0.1, 0.15) is 33.1 Å². The maximum atomic E-state index is 12.2. The molecule has 0 aliphatic carbocycles. The van der Waals surface area contributed by atoms with Crippen molar-refractivity contribution in [2.45, 2.75) is 50.9 Å². The second kappa shape index (κ2) is 6.88. The molecule has 1 aliphatic heterocycles. The molecule has 3 N–H and O–H groups in total. The van der Waals surface area contributed by atoms with Gasteiger partial charge in [0.2, 0.25) is 0 Å². The summed E-state index contributed by atoms with van der Waals surface area (Å²) in [5.74, 6) is 5.53. The molecule has 1 heterocycles. The second-order valence-corrected chi connectivity index (χ2v) is 5.48. The number of halogens is 3. The van der Waals surface area contributed by atoms with Crippen LogP contribution in [0.15, 0.2) is 0 Å². The van der Waals surface area contributed by atoms with E-state index < -0.39 is 12.6 Å². The van der Waals surface area contributed by atoms with Crippen molar-refractivity contribution in [3.05, 3.63) is 0 Å². The van der Waals surface area contributed by atoms with Gasteiger partial charge < -0.3 is 4.74 Å². The van der Waals surface area contributed by atoms with Crippen LogP contribution in [-0.4, -0.2) is 49.0 Å². The first kappa shape index (κ1) is 16.7. The zero-order valence-corrected chi connectivity index (χ0v) is 11.6. The van der Waals surface area contributed by atoms with Crippen LogP contribution in [0.3, 0.4) is 0 Å². The first-order chi connectivity index (χ1) is 8.77. The fourth-order valence-electron chi connectivity index (χ4n) is 2.51. The Morgan fingerprint density at radius 2 is 1.84 bits per heavy atom. The molecule has 1 saturated heterocycles. The molecule has 0 aromatic rings. The lowest BCUT2D eigenvalue weighted by molar-refractivity contribution is -0.136. The SMILES string of the molecule is CC(C)(C(CCCC(F)(F)F)NN)N1CCOCC1. The van der Waals surface area contributed by atoms with Crippen LogP contribution < -0.4 is 11.3 Å². The molecule has 4 nitrogen and oxygen atoms in total. The molecule has 0 spiro atoms. The summed E-state index contributed by atoms with van der Waals surface area (Å²) in [6, 6.07) is -0.173. The Morgan fingerprint density at radius 1 is 1.26 bits per heavy atom. The number of hydrogen-bond donors (Lipinski definition) is 2. The average molecular weight is 283 g/mol. The summed E-state index contributed by atoms with van der Waals surface area (Å²) >= 11 is 0. The van der Waals surface area contributed by atoms with Gasteiger partial charge in [0.25, 0.3) is 0 Å². The van der Waals surface area contributed by atoms with Crippen LogP contribution in [0.4, 0.5) is 13.2 Å². The zero-order valence-electron chi connectivity index (χ0n) is 11.6. The standard InChI is InChI=1S/C12H24F3N3O/c1-11(2,18-6-8-19-9-7-18)10(17-16)4-3-5-12(13,14)15/h10,17H,3-9,16H2,1-2H3. The maximum Gasteiger partial charge on any atom is 0.389 e. The van der Waals surface area contributed by atoms with Gasteiger partial charge in [0.1, 0.15) is 0 Å². The Kier molecular flexibility index (Phi) is 6.04. The largest absolute Gasteiger partial charge is 0.389 e. The topological polar surface area (TPSA) is 50.5 Å². The van der Waals surface area contributed by atoms with Gasteiger partial charge in [-0.1, -0.05) is 0 Å². The molecule has 1 fully saturated rings. The van der Waals surface area contributed by atoms with E-state index in [0.29, 0.717) is 19.6 Å². The molecule has 0 aromatic heterocycles. The molecule has 1 atom stereocenters. The number of hydrogen-bond acceptors (Lipinski definition) is 4. The fraction of sp³-hybridized carbons (Fsp3) is 1.00. The first-order valence-electron chi connectivity index (χ1n) is 6.63. The van der Waals surface area contributed by atoms with E-state index in [0.717, 1.165) is 13.1 Å². The highest BCUT2D eigenvalue weighted by atomic mass is 19.4. The Labute approximate surface area is 112 Å². The van der Waals surface area contributed by atoms with Crippen molar-refractivity contribution < 1.29 is 17.9 Å². The molecule has 0 radical (unpaired) electrons. The summed E-state index contributed by atoms with van der Waals surface area (Å²) in [5.41, 5.74) is 2.39. The quantitative estimate of drug-likeness (QED) is 0.575. The molecule has 0 saturated carbocycles. The number of nitrogens with two attached hydrogens (primary N) is 1. The number of rotatable bonds is 6. The maximum absolute atomic E-state index is 12.2. The first-order valence-corrected chi connectivity index (χ1v) is 6.63. The Balaban J connectivity index is 2.51. The second-order valence-electron chi connectivity index (χ2n) is 5.48. The van der Waals surface area contributed by atoms with E-state index in [1.807, 2.05) is 13.8 Å². The third-order valence-corrected chi connectivity index (χ3v) is 3.83. The summed E-state index contributed by atoms with van der Waals surface area (Å²) < 4.78 is 41.8. The van der Waals surface area contributed by atoms with E-state index in [2.05, 4.69) is 10.3 Å². The lowest BCUT2D eigenvalue weighted by Crippen LogP contribution is -2.61. The molecule has 19 heavy (non-hydrogen) atoms. The van der Waals surface area contributed by atoms with Crippen LogP contribution >= 0.6 is 0 Å². The van der Waals surface area contributed by atoms with Crippen LogP contribution in [0.25, 0.3) is 0 Å². The Bertz CT molecular complexity index is 265. The number of nitrogens with zero attached hydrogens (tertiary/aromatic N) is 1. The van der Waals surface area contributed by atoms with Gasteiger partial charge in [-0.05, 0) is 26.7 Å². The van der Waals surface area contributed by atoms with Gasteiger partial charge in [-0.15, -0.1) is 0 Å². The van der Waals surface area contributed by atoms with Crippen molar-refractivity contribution in [3.63, 3.8) is 0 Å². The van der Waals surface area contributed by atoms with Crippen LogP contribution in [0, 0.1) is 0 Å². The fourth-order valence-corrected chi connectivity index (χ4v) is 2.51. The molecule has 114 valence electrons. The number of alkyl halides is 3. The van der Waals surface area contributed by atoms with E-state index in [4.69, 9.17) is 10.6 Å². The molecule has 1 aliphatic rings. The number of nitrogens with one attached hydrogen (secondary N) is 1. The van der Waals surface area contributed by atoms with Crippen molar-refractivity contribution in [1.82, 2.24) is 10.3 Å². The normalized spacial score (nSPS) is 20.5. The summed E-state index contributed by atoms with van der Waals surface area (Å²) in [5, 5.41) is 0. The summed E-state index contributed by atoms with van der Waals surface area (Å²) in [4.78, 5) is 2.22. The third kappa shape index (κ3) is 5.25. The van der Waals surface area contributed by atoms with Crippen molar-refractivity contribution in [3.8, 4) is 0 Å². The van der Waals surface area contributed by atoms with E-state index >= 15 is 0 Å². The summed E-state index contributed by atoms with van der Waals surface area (Å²) in [7, 11) is 0. The van der Waals surface area contributed by atoms with Gasteiger partial charge in [0.15, 0.2) is 0 Å². The van der Waals surface area contributed by atoms with Crippen molar-refractivity contribution >= 4 is 0 Å². The van der Waals surface area contributed by atoms with Gasteiger partial charge in [-0.25, -0.2) is 0 Å². The lowest BCUT2D eigenvalue weighted by Gasteiger charge is -2.45. The van der Waals surface area contributed by atoms with Gasteiger partial charge in [0, 0.05) is 31.1 Å². The van der Waals surface area contributed by atoms with E-state index in [1.54, 1.807) is 0 Å². The van der Waals surface area contributed by atoms with Crippen molar-refractivity contribution in [2.24, 2.45) is 5.84 Å². The number of hydrazine groups is 1. The molecule has 1 unspecified atom stereocenters. The highest BCUT2D eigenvalue weighted by Gasteiger charge is 2.36. The smallest absolute Gasteiger partial charge is 0.379 e. The van der Waals surface area contributed by atoms with Gasteiger partial charge in [-0.2, -0.15) is 13.2 Å². The van der Waals surface area contributed by atoms with Crippen LogP contribution in [-0.2, 0) is 4.74 Å². The van der Waals surface area contributed by atoms with Crippen LogP contribution in [0.5, 0.6) is 0 Å². The predicted molar refractivity (Wildman–Crippen MR) is 67.5 cm³/mol. The van der Waals surface area contributed by atoms with E-state index in [-0.39, 0.29) is 18.0 Å². The third-order valence-electron chi connectivity index (χ3n) is 3.83. The molecule has 0 bridgehead atoms. The number of ether oxygens (including phenoxy) is 1. The van der Waals surface area contributed by atoms with E-state index in [9.17, 15) is 13.2 Å². The Morgan fingerprint density at radius 3 is 2.32 bits per heavy atom. The zero-order chi connectivity index (χ0) is 14.5. The van der Waals surface area contributed by atoms with Gasteiger partial charge >= 0.3 is 6.18 Å². The van der Waals surface area contributed by atoms with Crippen molar-refractivity contribution in [1.29, 1.82) is 0 Å². The Hall–Kier alpha value is -0.370. The van der Waals surface area contributed by atoms with Crippen LogP contribution in [0.2, 0.25) is 0 Å². The highest BCUT2D eigenvalue weighted by Crippen LogP contribution is 2.27. The number of morpholine rings is 1. The molecule has 0 amide bonds. The predicted octanol–water partition coefficient (Wildman–Crippen LogP) is 1.66. The minimum atomic E-state index is -4.09. The van der Waals surface area contributed by atoms with Crippen molar-refractivity contribution in [2.75, 3.05) is 26.3 Å². The van der Waals surface area contributed by atoms with Gasteiger partial charge in [0.05, 0.1) is 13.2 Å². The molecule has 7 heteroatoms. The van der Waals surface area contributed by atoms with Gasteiger partial charge in [-0.3, -0.25) is 16.2 Å². The minimum absolute atomic E-state index is 0.0894. The molecular weight excluding hydrogens is 259 g/mol. The summed E-state index contributed by atoms with van der Waals surface area (Å²) in [6.07, 6.45) is -4.36. The molecule has 1 rings (SSSR count). The summed E-state index contributed by atoms with van der Waals surface area (Å²) in [6.45, 7) is 6.90. The molecule has 0 aromatic carbocycles.